The summed E-state index contributed by atoms with van der Waals surface area (Å²) in [6.45, 7) is 3.38. The fraction of sp³-hybridized carbons (Fsp3) is 0.200. The van der Waals surface area contributed by atoms with E-state index < -0.39 is 11.9 Å². The van der Waals surface area contributed by atoms with Crippen LogP contribution in [0.4, 0.5) is 5.00 Å². The number of hydrogen-bond acceptors (Lipinski definition) is 7. The number of carbonyl (C=O) groups is 2. The van der Waals surface area contributed by atoms with Crippen LogP contribution in [0.1, 0.15) is 36.9 Å². The van der Waals surface area contributed by atoms with Crippen molar-refractivity contribution in [2.24, 2.45) is 4.99 Å². The molecule has 0 unspecified atom stereocenters. The van der Waals surface area contributed by atoms with Crippen molar-refractivity contribution in [2.75, 3.05) is 14.2 Å². The van der Waals surface area contributed by atoms with E-state index in [0.717, 1.165) is 11.3 Å². The number of aromatic nitrogens is 2. The third-order valence-electron chi connectivity index (χ3n) is 4.33. The van der Waals surface area contributed by atoms with Crippen molar-refractivity contribution < 1.29 is 19.1 Å². The largest absolute Gasteiger partial charge is 0.465 e. The van der Waals surface area contributed by atoms with Crippen molar-refractivity contribution >= 4 is 34.5 Å². The minimum atomic E-state index is -0.617. The second-order valence-corrected chi connectivity index (χ2v) is 7.10. The molecule has 0 amide bonds. The molecule has 0 aliphatic heterocycles. The molecule has 150 valence electrons. The number of methoxy groups -OCH3 is 2. The summed E-state index contributed by atoms with van der Waals surface area (Å²) in [6.07, 6.45) is 1.38. The van der Waals surface area contributed by atoms with Gasteiger partial charge in [0.25, 0.3) is 5.56 Å². The Morgan fingerprint density at radius 1 is 1.10 bits per heavy atom. The zero-order chi connectivity index (χ0) is 21.1. The Kier molecular flexibility index (Phi) is 5.79. The van der Waals surface area contributed by atoms with Gasteiger partial charge in [-0.2, -0.15) is 0 Å². The second-order valence-electron chi connectivity index (χ2n) is 6.10. The van der Waals surface area contributed by atoms with Gasteiger partial charge in [-0.15, -0.1) is 11.3 Å². The Labute approximate surface area is 170 Å². The number of hydrogen-bond donors (Lipinski definition) is 1. The Hall–Kier alpha value is -3.46. The summed E-state index contributed by atoms with van der Waals surface area (Å²) >= 11 is 1.00. The number of esters is 2. The summed E-state index contributed by atoms with van der Waals surface area (Å²) < 4.78 is 11.0. The summed E-state index contributed by atoms with van der Waals surface area (Å²) in [6, 6.07) is 9.13. The zero-order valence-corrected chi connectivity index (χ0v) is 17.1. The molecule has 0 atom stereocenters. The number of H-pyrrole nitrogens is 1. The van der Waals surface area contributed by atoms with Crippen LogP contribution < -0.4 is 5.56 Å². The summed E-state index contributed by atoms with van der Waals surface area (Å²) in [5.41, 5.74) is 1.96. The lowest BCUT2D eigenvalue weighted by Gasteiger charge is -2.00. The van der Waals surface area contributed by atoms with Crippen LogP contribution in [0.3, 0.4) is 0 Å². The Morgan fingerprint density at radius 2 is 1.76 bits per heavy atom. The van der Waals surface area contributed by atoms with E-state index in [1.165, 1.54) is 25.1 Å². The van der Waals surface area contributed by atoms with Gasteiger partial charge >= 0.3 is 11.9 Å². The average Bonchev–Trinajstić information content (AvgIpc) is 3.21. The van der Waals surface area contributed by atoms with E-state index in [9.17, 15) is 14.4 Å². The molecule has 0 aliphatic carbocycles. The summed E-state index contributed by atoms with van der Waals surface area (Å²) in [5, 5.41) is 3.27. The summed E-state index contributed by atoms with van der Waals surface area (Å²) in [7, 11) is 2.51. The van der Waals surface area contributed by atoms with Crippen molar-refractivity contribution in [1.82, 2.24) is 9.78 Å². The van der Waals surface area contributed by atoms with Gasteiger partial charge in [0.15, 0.2) is 0 Å². The van der Waals surface area contributed by atoms with Gasteiger partial charge in [-0.1, -0.05) is 18.2 Å². The van der Waals surface area contributed by atoms with Crippen LogP contribution in [0.15, 0.2) is 40.1 Å². The van der Waals surface area contributed by atoms with Crippen LogP contribution in [0, 0.1) is 13.8 Å². The number of carbonyl (C=O) groups excluding carboxylic acids is 2. The topological polar surface area (TPSA) is 103 Å². The molecule has 0 aliphatic rings. The molecule has 0 saturated heterocycles. The van der Waals surface area contributed by atoms with Crippen LogP contribution in [-0.2, 0) is 9.47 Å². The maximum Gasteiger partial charge on any atom is 0.348 e. The molecule has 0 saturated carbocycles. The molecular formula is C20H19N3O5S. The minimum Gasteiger partial charge on any atom is -0.465 e. The summed E-state index contributed by atoms with van der Waals surface area (Å²) in [4.78, 5) is 41.6. The highest BCUT2D eigenvalue weighted by atomic mass is 32.1. The predicted molar refractivity (Wildman–Crippen MR) is 110 cm³/mol. The lowest BCUT2D eigenvalue weighted by atomic mass is 10.1. The normalized spacial score (nSPS) is 11.0. The highest BCUT2D eigenvalue weighted by molar-refractivity contribution is 7.18. The van der Waals surface area contributed by atoms with Gasteiger partial charge in [-0.3, -0.25) is 9.89 Å². The third-order valence-corrected chi connectivity index (χ3v) is 5.51. The van der Waals surface area contributed by atoms with E-state index in [-0.39, 0.29) is 21.0 Å². The molecule has 2 aromatic heterocycles. The van der Waals surface area contributed by atoms with Gasteiger partial charge in [0.05, 0.1) is 25.5 Å². The monoisotopic (exact) mass is 413 g/mol. The van der Waals surface area contributed by atoms with E-state index in [1.54, 1.807) is 26.0 Å². The maximum atomic E-state index is 12.8. The van der Waals surface area contributed by atoms with Crippen LogP contribution in [-0.4, -0.2) is 42.2 Å². The first-order valence-electron chi connectivity index (χ1n) is 8.60. The standard InChI is InChI=1S/C20H19N3O5S/c1-11-15(19(25)27-3)17(29-16(11)20(26)28-4)21-10-14-12(2)22-23(18(14)24)13-8-6-5-7-9-13/h5-10,22H,1-4H3/b21-10+. The highest BCUT2D eigenvalue weighted by Gasteiger charge is 2.25. The molecule has 0 radical (unpaired) electrons. The molecule has 0 spiro atoms. The van der Waals surface area contributed by atoms with Gasteiger partial charge in [0.2, 0.25) is 0 Å². The van der Waals surface area contributed by atoms with Gasteiger partial charge in [0.1, 0.15) is 15.4 Å². The first-order chi connectivity index (χ1) is 13.9. The van der Waals surface area contributed by atoms with Gasteiger partial charge in [-0.05, 0) is 31.5 Å². The van der Waals surface area contributed by atoms with E-state index in [0.29, 0.717) is 22.5 Å². The molecule has 29 heavy (non-hydrogen) atoms. The Bertz CT molecular complexity index is 1150. The van der Waals surface area contributed by atoms with E-state index >= 15 is 0 Å². The first kappa shape index (κ1) is 20.3. The zero-order valence-electron chi connectivity index (χ0n) is 16.3. The van der Waals surface area contributed by atoms with E-state index in [2.05, 4.69) is 10.1 Å². The van der Waals surface area contributed by atoms with Crippen molar-refractivity contribution in [1.29, 1.82) is 0 Å². The molecule has 3 rings (SSSR count). The first-order valence-corrected chi connectivity index (χ1v) is 9.41. The van der Waals surface area contributed by atoms with Crippen LogP contribution in [0.5, 0.6) is 0 Å². The fourth-order valence-corrected chi connectivity index (χ4v) is 3.87. The fourth-order valence-electron chi connectivity index (χ4n) is 2.81. The third kappa shape index (κ3) is 3.77. The molecule has 1 aromatic carbocycles. The molecular weight excluding hydrogens is 394 g/mol. The number of para-hydroxylation sites is 1. The minimum absolute atomic E-state index is 0.172. The van der Waals surface area contributed by atoms with Gasteiger partial charge in [0, 0.05) is 11.9 Å². The van der Waals surface area contributed by atoms with Crippen LogP contribution >= 0.6 is 11.3 Å². The van der Waals surface area contributed by atoms with E-state index in [4.69, 9.17) is 9.47 Å². The lowest BCUT2D eigenvalue weighted by Crippen LogP contribution is -2.17. The van der Waals surface area contributed by atoms with Crippen LogP contribution in [0.25, 0.3) is 5.69 Å². The molecule has 2 heterocycles. The number of aryl methyl sites for hydroxylation is 1. The number of nitrogens with one attached hydrogen (secondary N) is 1. The van der Waals surface area contributed by atoms with Gasteiger partial charge in [-0.25, -0.2) is 19.3 Å². The number of ether oxygens (including phenoxy) is 2. The molecule has 0 fully saturated rings. The van der Waals surface area contributed by atoms with Crippen molar-refractivity contribution in [3.8, 4) is 5.69 Å². The summed E-state index contributed by atoms with van der Waals surface area (Å²) in [5.74, 6) is -1.18. The smallest absolute Gasteiger partial charge is 0.348 e. The van der Waals surface area contributed by atoms with Gasteiger partial charge < -0.3 is 9.47 Å². The SMILES string of the molecule is COC(=O)c1sc(/N=C/c2c(C)[nH]n(-c3ccccc3)c2=O)c(C(=O)OC)c1C. The molecule has 9 heteroatoms. The number of aromatic amines is 1. The number of aliphatic imine (C=N–C) groups is 1. The molecule has 1 N–H and O–H groups in total. The van der Waals surface area contributed by atoms with Crippen molar-refractivity contribution in [3.63, 3.8) is 0 Å². The van der Waals surface area contributed by atoms with Crippen molar-refractivity contribution in [2.45, 2.75) is 13.8 Å². The number of rotatable bonds is 5. The predicted octanol–water partition coefficient (Wildman–Crippen LogP) is 3.17. The van der Waals surface area contributed by atoms with Crippen molar-refractivity contribution in [3.05, 3.63) is 67.9 Å². The number of thiophene rings is 1. The molecule has 8 nitrogen and oxygen atoms in total. The quantitative estimate of drug-likeness (QED) is 0.511. The average molecular weight is 413 g/mol. The Balaban J connectivity index is 2.07. The van der Waals surface area contributed by atoms with Crippen LogP contribution in [0.2, 0.25) is 0 Å². The lowest BCUT2D eigenvalue weighted by molar-refractivity contribution is 0.0601. The highest BCUT2D eigenvalue weighted by Crippen LogP contribution is 2.36. The molecule has 3 aromatic rings. The Morgan fingerprint density at radius 3 is 2.38 bits per heavy atom. The van der Waals surface area contributed by atoms with E-state index in [1.807, 2.05) is 18.2 Å². The number of benzene rings is 1. The second kappa shape index (κ2) is 8.27. The number of nitrogens with zero attached hydrogens (tertiary/aromatic N) is 2. The maximum absolute atomic E-state index is 12.8. The molecule has 0 bridgehead atoms.